The largest absolute Gasteiger partial charge is 0.350 e. The third-order valence-corrected chi connectivity index (χ3v) is 4.26. The second kappa shape index (κ2) is 5.96. The number of amides is 2. The van der Waals surface area contributed by atoms with Gasteiger partial charge >= 0.3 is 0 Å². The summed E-state index contributed by atoms with van der Waals surface area (Å²) < 4.78 is 0. The van der Waals surface area contributed by atoms with E-state index >= 15 is 0 Å². The topological polar surface area (TPSA) is 49.4 Å². The second-order valence-electron chi connectivity index (χ2n) is 6.23. The van der Waals surface area contributed by atoms with Crippen molar-refractivity contribution < 1.29 is 9.59 Å². The molecule has 0 bridgehead atoms. The Kier molecular flexibility index (Phi) is 3.97. The second-order valence-corrected chi connectivity index (χ2v) is 6.23. The first-order valence-corrected chi connectivity index (χ1v) is 7.86. The molecule has 3 rings (SSSR count). The van der Waals surface area contributed by atoms with E-state index in [0.717, 1.165) is 32.8 Å². The normalized spacial score (nSPS) is 14.6. The summed E-state index contributed by atoms with van der Waals surface area (Å²) in [4.78, 5) is 26.3. The minimum Gasteiger partial charge on any atom is -0.350 e. The summed E-state index contributed by atoms with van der Waals surface area (Å²) >= 11 is 0. The lowest BCUT2D eigenvalue weighted by molar-refractivity contribution is -0.135. The van der Waals surface area contributed by atoms with E-state index < -0.39 is 0 Å². The zero-order valence-corrected chi connectivity index (χ0v) is 14.3. The smallest absolute Gasteiger partial charge is 0.277 e. The standard InChI is InChI=1S/C20H20N2O2/c1-12-5-8-15(9-6-12)21-18-17(19(23)22(4)20(18)24)16-10-7-13(2)11-14(16)3/h5-11,21H,1-4H3. The van der Waals surface area contributed by atoms with Gasteiger partial charge in [0.25, 0.3) is 11.8 Å². The van der Waals surface area contributed by atoms with Crippen LogP contribution < -0.4 is 5.32 Å². The lowest BCUT2D eigenvalue weighted by Crippen LogP contribution is -2.27. The Hall–Kier alpha value is -2.88. The molecule has 0 aromatic heterocycles. The number of rotatable bonds is 3. The summed E-state index contributed by atoms with van der Waals surface area (Å²) in [5.74, 6) is -0.586. The minimum atomic E-state index is -0.310. The van der Waals surface area contributed by atoms with E-state index in [1.165, 1.54) is 7.05 Å². The van der Waals surface area contributed by atoms with Gasteiger partial charge in [-0.25, -0.2) is 0 Å². The molecule has 0 spiro atoms. The number of aryl methyl sites for hydroxylation is 3. The Morgan fingerprint density at radius 3 is 2.08 bits per heavy atom. The van der Waals surface area contributed by atoms with E-state index in [1.54, 1.807) is 0 Å². The fraction of sp³-hybridized carbons (Fsp3) is 0.200. The number of nitrogens with one attached hydrogen (secondary N) is 1. The molecule has 0 unspecified atom stereocenters. The summed E-state index contributed by atoms with van der Waals surface area (Å²) in [5, 5.41) is 3.14. The summed E-state index contributed by atoms with van der Waals surface area (Å²) in [6, 6.07) is 13.6. The molecule has 122 valence electrons. The molecule has 4 heteroatoms. The van der Waals surface area contributed by atoms with Crippen molar-refractivity contribution in [1.82, 2.24) is 4.90 Å². The van der Waals surface area contributed by atoms with Gasteiger partial charge < -0.3 is 5.32 Å². The first-order valence-electron chi connectivity index (χ1n) is 7.86. The molecular formula is C20H20N2O2. The van der Waals surface area contributed by atoms with Gasteiger partial charge in [-0.05, 0) is 44.0 Å². The van der Waals surface area contributed by atoms with Crippen molar-refractivity contribution >= 4 is 23.1 Å². The fourth-order valence-electron chi connectivity index (χ4n) is 2.88. The first-order chi connectivity index (χ1) is 11.4. The lowest BCUT2D eigenvalue weighted by Gasteiger charge is -2.10. The van der Waals surface area contributed by atoms with Crippen LogP contribution in [0.2, 0.25) is 0 Å². The summed E-state index contributed by atoms with van der Waals surface area (Å²) in [6.07, 6.45) is 0. The average molecular weight is 320 g/mol. The third-order valence-electron chi connectivity index (χ3n) is 4.26. The monoisotopic (exact) mass is 320 g/mol. The highest BCUT2D eigenvalue weighted by Crippen LogP contribution is 2.31. The highest BCUT2D eigenvalue weighted by molar-refractivity contribution is 6.36. The van der Waals surface area contributed by atoms with Gasteiger partial charge in [0, 0.05) is 12.7 Å². The number of benzene rings is 2. The molecule has 1 heterocycles. The summed E-state index contributed by atoms with van der Waals surface area (Å²) in [5.41, 5.74) is 5.57. The van der Waals surface area contributed by atoms with Crippen LogP contribution in [0.5, 0.6) is 0 Å². The van der Waals surface area contributed by atoms with Crippen LogP contribution in [-0.2, 0) is 9.59 Å². The number of hydrogen-bond acceptors (Lipinski definition) is 3. The molecule has 1 aliphatic heterocycles. The van der Waals surface area contributed by atoms with Gasteiger partial charge in [-0.1, -0.05) is 41.5 Å². The van der Waals surface area contributed by atoms with Crippen LogP contribution in [0, 0.1) is 20.8 Å². The highest BCUT2D eigenvalue weighted by atomic mass is 16.2. The van der Waals surface area contributed by atoms with Crippen LogP contribution in [0.4, 0.5) is 5.69 Å². The van der Waals surface area contributed by atoms with E-state index in [4.69, 9.17) is 0 Å². The molecule has 2 aromatic rings. The van der Waals surface area contributed by atoms with Crippen molar-refractivity contribution in [1.29, 1.82) is 0 Å². The van der Waals surface area contributed by atoms with Gasteiger partial charge in [-0.3, -0.25) is 14.5 Å². The molecule has 0 fully saturated rings. The Labute approximate surface area is 141 Å². The van der Waals surface area contributed by atoms with Crippen molar-refractivity contribution in [3.05, 3.63) is 70.4 Å². The number of nitrogens with zero attached hydrogens (tertiary/aromatic N) is 1. The number of carbonyl (C=O) groups is 2. The van der Waals surface area contributed by atoms with Gasteiger partial charge in [0.15, 0.2) is 0 Å². The first kappa shape index (κ1) is 16.0. The van der Waals surface area contributed by atoms with Gasteiger partial charge in [-0.15, -0.1) is 0 Å². The molecular weight excluding hydrogens is 300 g/mol. The molecule has 0 saturated heterocycles. The molecule has 24 heavy (non-hydrogen) atoms. The number of anilines is 1. The maximum absolute atomic E-state index is 12.6. The van der Waals surface area contributed by atoms with Gasteiger partial charge in [0.2, 0.25) is 0 Å². The van der Waals surface area contributed by atoms with Crippen molar-refractivity contribution in [2.24, 2.45) is 0 Å². The predicted octanol–water partition coefficient (Wildman–Crippen LogP) is 3.43. The number of likely N-dealkylation sites (N-methyl/N-ethyl adjacent to an activating group) is 1. The highest BCUT2D eigenvalue weighted by Gasteiger charge is 2.37. The Morgan fingerprint density at radius 2 is 1.46 bits per heavy atom. The van der Waals surface area contributed by atoms with E-state index in [2.05, 4.69) is 5.32 Å². The Balaban J connectivity index is 2.11. The summed E-state index contributed by atoms with van der Waals surface area (Å²) in [6.45, 7) is 5.96. The van der Waals surface area contributed by atoms with Crippen LogP contribution in [-0.4, -0.2) is 23.8 Å². The molecule has 0 atom stereocenters. The molecule has 4 nitrogen and oxygen atoms in total. The molecule has 0 saturated carbocycles. The van der Waals surface area contributed by atoms with Crippen molar-refractivity contribution in [3.8, 4) is 0 Å². The van der Waals surface area contributed by atoms with Crippen LogP contribution in [0.15, 0.2) is 48.2 Å². The van der Waals surface area contributed by atoms with Crippen molar-refractivity contribution in [2.75, 3.05) is 12.4 Å². The molecule has 0 radical (unpaired) electrons. The number of hydrogen-bond donors (Lipinski definition) is 1. The zero-order valence-electron chi connectivity index (χ0n) is 14.3. The molecule has 2 aromatic carbocycles. The molecule has 0 aliphatic carbocycles. The summed E-state index contributed by atoms with van der Waals surface area (Å²) in [7, 11) is 1.51. The maximum atomic E-state index is 12.6. The van der Waals surface area contributed by atoms with Gasteiger partial charge in [-0.2, -0.15) is 0 Å². The number of carbonyl (C=O) groups excluding carboxylic acids is 2. The van der Waals surface area contributed by atoms with Crippen molar-refractivity contribution in [2.45, 2.75) is 20.8 Å². The van der Waals surface area contributed by atoms with Crippen molar-refractivity contribution in [3.63, 3.8) is 0 Å². The SMILES string of the molecule is Cc1ccc(NC2=C(c3ccc(C)cc3C)C(=O)N(C)C2=O)cc1. The average Bonchev–Trinajstić information content (AvgIpc) is 2.75. The maximum Gasteiger partial charge on any atom is 0.277 e. The molecule has 2 amide bonds. The van der Waals surface area contributed by atoms with Gasteiger partial charge in [0.1, 0.15) is 5.70 Å². The van der Waals surface area contributed by atoms with Crippen LogP contribution in [0.3, 0.4) is 0 Å². The van der Waals surface area contributed by atoms with Crippen LogP contribution in [0.1, 0.15) is 22.3 Å². The molecule has 1 N–H and O–H groups in total. The van der Waals surface area contributed by atoms with Crippen LogP contribution >= 0.6 is 0 Å². The Morgan fingerprint density at radius 1 is 0.833 bits per heavy atom. The Bertz CT molecular complexity index is 864. The quantitative estimate of drug-likeness (QED) is 0.882. The van der Waals surface area contributed by atoms with Gasteiger partial charge in [0.05, 0.1) is 5.57 Å². The van der Waals surface area contributed by atoms with E-state index in [1.807, 2.05) is 63.2 Å². The minimum absolute atomic E-state index is 0.276. The fourth-order valence-corrected chi connectivity index (χ4v) is 2.88. The zero-order chi connectivity index (χ0) is 17.4. The van der Waals surface area contributed by atoms with E-state index in [9.17, 15) is 9.59 Å². The molecule has 1 aliphatic rings. The van der Waals surface area contributed by atoms with E-state index in [0.29, 0.717) is 11.3 Å². The van der Waals surface area contributed by atoms with Crippen LogP contribution in [0.25, 0.3) is 5.57 Å². The lowest BCUT2D eigenvalue weighted by atomic mass is 9.97. The predicted molar refractivity (Wildman–Crippen MR) is 95.4 cm³/mol. The van der Waals surface area contributed by atoms with E-state index in [-0.39, 0.29) is 11.8 Å². The number of imide groups is 1. The third kappa shape index (κ3) is 2.71.